The summed E-state index contributed by atoms with van der Waals surface area (Å²) < 4.78 is 15.6. The van der Waals surface area contributed by atoms with Crippen LogP contribution < -0.4 is 5.32 Å². The minimum atomic E-state index is -0.879. The number of nitrogens with one attached hydrogen (secondary N) is 1. The standard InChI is InChI=1S/C14H27NO5/c1-14(13(16)17,15-12-4-5-12)6-9-19-7-3-8-20-11-10-18-2/h12,15H,3-11H2,1-2H3,(H,16,17). The Balaban J connectivity index is 2.01. The van der Waals surface area contributed by atoms with Crippen molar-refractivity contribution in [2.75, 3.05) is 40.1 Å². The predicted molar refractivity (Wildman–Crippen MR) is 74.9 cm³/mol. The number of carboxylic acids is 1. The zero-order chi connectivity index (χ0) is 14.8. The van der Waals surface area contributed by atoms with Crippen molar-refractivity contribution in [3.05, 3.63) is 0 Å². The van der Waals surface area contributed by atoms with Crippen LogP contribution in [0.2, 0.25) is 0 Å². The van der Waals surface area contributed by atoms with E-state index < -0.39 is 11.5 Å². The molecule has 1 saturated carbocycles. The van der Waals surface area contributed by atoms with Crippen LogP contribution >= 0.6 is 0 Å². The van der Waals surface area contributed by atoms with Crippen molar-refractivity contribution >= 4 is 5.97 Å². The zero-order valence-electron chi connectivity index (χ0n) is 12.5. The number of aliphatic carboxylic acids is 1. The summed E-state index contributed by atoms with van der Waals surface area (Å²) in [5.41, 5.74) is -0.879. The third-order valence-electron chi connectivity index (χ3n) is 3.33. The SMILES string of the molecule is COCCOCCCOCCC(C)(NC1CC1)C(=O)O. The van der Waals surface area contributed by atoms with Crippen molar-refractivity contribution in [3.8, 4) is 0 Å². The average Bonchev–Trinajstić information content (AvgIpc) is 3.20. The van der Waals surface area contributed by atoms with E-state index in [0.29, 0.717) is 45.5 Å². The summed E-state index contributed by atoms with van der Waals surface area (Å²) in [7, 11) is 1.64. The Morgan fingerprint density at radius 1 is 1.20 bits per heavy atom. The number of hydrogen-bond acceptors (Lipinski definition) is 5. The summed E-state index contributed by atoms with van der Waals surface area (Å²) in [6, 6.07) is 0.366. The van der Waals surface area contributed by atoms with E-state index in [2.05, 4.69) is 5.32 Å². The fourth-order valence-corrected chi connectivity index (χ4v) is 1.80. The van der Waals surface area contributed by atoms with Gasteiger partial charge in [0, 0.05) is 33.0 Å². The molecule has 1 fully saturated rings. The maximum absolute atomic E-state index is 11.3. The van der Waals surface area contributed by atoms with E-state index in [1.54, 1.807) is 14.0 Å². The molecule has 1 rings (SSSR count). The number of carboxylic acid groups (broad SMARTS) is 1. The maximum Gasteiger partial charge on any atom is 0.323 e. The van der Waals surface area contributed by atoms with E-state index in [4.69, 9.17) is 14.2 Å². The number of rotatable bonds is 13. The summed E-state index contributed by atoms with van der Waals surface area (Å²) in [5.74, 6) is -0.809. The molecule has 1 unspecified atom stereocenters. The molecule has 1 aliphatic rings. The highest BCUT2D eigenvalue weighted by Crippen LogP contribution is 2.24. The van der Waals surface area contributed by atoms with Gasteiger partial charge in [0.1, 0.15) is 5.54 Å². The van der Waals surface area contributed by atoms with Gasteiger partial charge in [0.25, 0.3) is 0 Å². The van der Waals surface area contributed by atoms with E-state index in [1.807, 2.05) is 0 Å². The van der Waals surface area contributed by atoms with Crippen molar-refractivity contribution in [3.63, 3.8) is 0 Å². The molecule has 0 aromatic heterocycles. The van der Waals surface area contributed by atoms with E-state index in [0.717, 1.165) is 19.3 Å². The van der Waals surface area contributed by atoms with Gasteiger partial charge in [-0.15, -0.1) is 0 Å². The fourth-order valence-electron chi connectivity index (χ4n) is 1.80. The maximum atomic E-state index is 11.3. The van der Waals surface area contributed by atoms with Crippen LogP contribution in [0, 0.1) is 0 Å². The van der Waals surface area contributed by atoms with Crippen molar-refractivity contribution in [1.29, 1.82) is 0 Å². The molecule has 0 radical (unpaired) electrons. The van der Waals surface area contributed by atoms with Gasteiger partial charge in [0.15, 0.2) is 0 Å². The molecule has 1 atom stereocenters. The molecule has 0 aromatic rings. The first kappa shape index (κ1) is 17.4. The van der Waals surface area contributed by atoms with Gasteiger partial charge in [0.05, 0.1) is 13.2 Å². The second-order valence-corrected chi connectivity index (χ2v) is 5.38. The van der Waals surface area contributed by atoms with Crippen LogP contribution in [0.25, 0.3) is 0 Å². The highest BCUT2D eigenvalue weighted by molar-refractivity contribution is 5.78. The topological polar surface area (TPSA) is 77.0 Å². The van der Waals surface area contributed by atoms with Gasteiger partial charge < -0.3 is 19.3 Å². The molecule has 118 valence electrons. The summed E-state index contributed by atoms with van der Waals surface area (Å²) in [4.78, 5) is 11.3. The molecule has 20 heavy (non-hydrogen) atoms. The summed E-state index contributed by atoms with van der Waals surface area (Å²) in [6.07, 6.45) is 3.43. The fraction of sp³-hybridized carbons (Fsp3) is 0.929. The molecule has 0 spiro atoms. The Labute approximate surface area is 120 Å². The molecule has 0 amide bonds. The zero-order valence-corrected chi connectivity index (χ0v) is 12.5. The van der Waals surface area contributed by atoms with Gasteiger partial charge in [-0.05, 0) is 32.6 Å². The Bertz CT molecular complexity index is 283. The first-order valence-electron chi connectivity index (χ1n) is 7.24. The molecule has 2 N–H and O–H groups in total. The van der Waals surface area contributed by atoms with Crippen LogP contribution in [-0.4, -0.2) is 62.8 Å². The lowest BCUT2D eigenvalue weighted by molar-refractivity contribution is -0.145. The van der Waals surface area contributed by atoms with E-state index in [-0.39, 0.29) is 0 Å². The first-order chi connectivity index (χ1) is 9.58. The van der Waals surface area contributed by atoms with Gasteiger partial charge in [-0.3, -0.25) is 10.1 Å². The molecule has 0 saturated heterocycles. The van der Waals surface area contributed by atoms with Crippen LogP contribution in [0.4, 0.5) is 0 Å². The number of methoxy groups -OCH3 is 1. The number of hydrogen-bond donors (Lipinski definition) is 2. The van der Waals surface area contributed by atoms with Crippen molar-refractivity contribution in [2.45, 2.75) is 44.2 Å². The lowest BCUT2D eigenvalue weighted by Gasteiger charge is -2.26. The largest absolute Gasteiger partial charge is 0.480 e. The lowest BCUT2D eigenvalue weighted by Crippen LogP contribution is -2.51. The van der Waals surface area contributed by atoms with E-state index >= 15 is 0 Å². The third kappa shape index (κ3) is 7.19. The van der Waals surface area contributed by atoms with E-state index in [9.17, 15) is 9.90 Å². The molecule has 6 nitrogen and oxygen atoms in total. The van der Waals surface area contributed by atoms with Crippen molar-refractivity contribution in [2.24, 2.45) is 0 Å². The molecular formula is C14H27NO5. The van der Waals surface area contributed by atoms with Gasteiger partial charge in [-0.25, -0.2) is 0 Å². The summed E-state index contributed by atoms with van der Waals surface area (Å²) in [6.45, 7) is 4.60. The first-order valence-corrected chi connectivity index (χ1v) is 7.24. The van der Waals surface area contributed by atoms with E-state index in [1.165, 1.54) is 0 Å². The Hall–Kier alpha value is -0.690. The van der Waals surface area contributed by atoms with Crippen LogP contribution in [0.15, 0.2) is 0 Å². The molecule has 6 heteroatoms. The Kier molecular flexibility index (Phi) is 8.06. The molecular weight excluding hydrogens is 262 g/mol. The third-order valence-corrected chi connectivity index (χ3v) is 3.33. The molecule has 0 aromatic carbocycles. The Morgan fingerprint density at radius 3 is 2.40 bits per heavy atom. The average molecular weight is 289 g/mol. The van der Waals surface area contributed by atoms with Gasteiger partial charge >= 0.3 is 5.97 Å². The second-order valence-electron chi connectivity index (χ2n) is 5.38. The van der Waals surface area contributed by atoms with Crippen LogP contribution in [0.1, 0.15) is 32.6 Å². The van der Waals surface area contributed by atoms with Gasteiger partial charge in [-0.2, -0.15) is 0 Å². The molecule has 0 bridgehead atoms. The summed E-state index contributed by atoms with van der Waals surface area (Å²) in [5, 5.41) is 12.5. The number of ether oxygens (including phenoxy) is 3. The Morgan fingerprint density at radius 2 is 1.85 bits per heavy atom. The minimum Gasteiger partial charge on any atom is -0.480 e. The minimum absolute atomic E-state index is 0.366. The van der Waals surface area contributed by atoms with Crippen LogP contribution in [-0.2, 0) is 19.0 Å². The highest BCUT2D eigenvalue weighted by atomic mass is 16.5. The molecule has 1 aliphatic carbocycles. The smallest absolute Gasteiger partial charge is 0.323 e. The van der Waals surface area contributed by atoms with Gasteiger partial charge in [-0.1, -0.05) is 0 Å². The summed E-state index contributed by atoms with van der Waals surface area (Å²) >= 11 is 0. The normalized spacial score (nSPS) is 17.9. The van der Waals surface area contributed by atoms with Gasteiger partial charge in [0.2, 0.25) is 0 Å². The number of carbonyl (C=O) groups is 1. The quantitative estimate of drug-likeness (QED) is 0.493. The highest BCUT2D eigenvalue weighted by Gasteiger charge is 2.38. The lowest BCUT2D eigenvalue weighted by atomic mass is 9.98. The molecule has 0 heterocycles. The van der Waals surface area contributed by atoms with Crippen molar-refractivity contribution in [1.82, 2.24) is 5.32 Å². The predicted octanol–water partition coefficient (Wildman–Crippen LogP) is 1.04. The second kappa shape index (κ2) is 9.28. The molecule has 0 aliphatic heterocycles. The van der Waals surface area contributed by atoms with Crippen LogP contribution in [0.5, 0.6) is 0 Å². The monoisotopic (exact) mass is 289 g/mol. The van der Waals surface area contributed by atoms with Crippen LogP contribution in [0.3, 0.4) is 0 Å². The van der Waals surface area contributed by atoms with Crippen molar-refractivity contribution < 1.29 is 24.1 Å².